The predicted molar refractivity (Wildman–Crippen MR) is 287 cm³/mol. The molecule has 0 spiro atoms. The number of rotatable bonds is 11. The Morgan fingerprint density at radius 2 is 1.07 bits per heavy atom. The molecule has 0 bridgehead atoms. The van der Waals surface area contributed by atoms with Crippen LogP contribution in [0.1, 0.15) is 40.3 Å². The Kier molecular flexibility index (Phi) is 13.3. The summed E-state index contributed by atoms with van der Waals surface area (Å²) in [6, 6.07) is 64.7. The SMILES string of the molecule is C/C=C/C(=C\C=C/N=C(/C=C(\N)c1ccccc1)c1ccccc1)c1cccc2c1oc1cc3oc4c(-c5cccc(C)c5)cccc4c3cc12.N=C(/C=C(\N)c1ccccc1)c1ccccc1. The van der Waals surface area contributed by atoms with E-state index in [9.17, 15) is 0 Å². The molecule has 8 aromatic carbocycles. The lowest BCUT2D eigenvalue weighted by molar-refractivity contribution is 0.656. The highest BCUT2D eigenvalue weighted by Gasteiger charge is 2.18. The third kappa shape index (κ3) is 9.81. The van der Waals surface area contributed by atoms with Crippen LogP contribution in [0.2, 0.25) is 0 Å². The molecule has 6 heteroatoms. The van der Waals surface area contributed by atoms with Crippen molar-refractivity contribution in [3.63, 3.8) is 0 Å². The van der Waals surface area contributed by atoms with Gasteiger partial charge in [0.05, 0.1) is 11.4 Å². The molecule has 0 saturated carbocycles. The molecule has 0 unspecified atom stereocenters. The Morgan fingerprint density at radius 3 is 1.69 bits per heavy atom. The van der Waals surface area contributed by atoms with E-state index in [1.54, 1.807) is 6.08 Å². The van der Waals surface area contributed by atoms with Gasteiger partial charge < -0.3 is 25.7 Å². The van der Waals surface area contributed by atoms with Crippen LogP contribution in [0.3, 0.4) is 0 Å². The van der Waals surface area contributed by atoms with E-state index in [1.807, 2.05) is 159 Å². The quantitative estimate of drug-likeness (QED) is 0.0886. The molecule has 0 aliphatic carbocycles. The standard InChI is InChI=1S/C47H36N2O2.C15H14N2/c1-3-14-32(21-13-26-49-43(34-18-8-5-9-19-34)29-42(48)33-16-6-4-7-17-33)36-22-11-24-38-40-28-41-39-25-12-23-37(35-20-10-15-31(2)27-35)47(39)51-45(41)30-44(40)50-46(36)38;16-14(12-7-3-1-4-8-12)11-15(17)13-9-5-2-6-10-13/h3-30H,48H2,1-2H3;1-11,16H,17H2/b14-3+,26-13-,32-21+,42-29-,49-43-;15-11-,16-14?. The minimum absolute atomic E-state index is 0.423. The van der Waals surface area contributed by atoms with Gasteiger partial charge in [-0.3, -0.25) is 4.99 Å². The number of aryl methyl sites for hydroxylation is 1. The first kappa shape index (κ1) is 44.2. The molecule has 5 N–H and O–H groups in total. The summed E-state index contributed by atoms with van der Waals surface area (Å²) in [4.78, 5) is 4.84. The summed E-state index contributed by atoms with van der Waals surface area (Å²) in [5.74, 6) is 0. The zero-order valence-corrected chi connectivity index (χ0v) is 37.9. The van der Waals surface area contributed by atoms with Crippen molar-refractivity contribution in [2.45, 2.75) is 13.8 Å². The number of furan rings is 2. The van der Waals surface area contributed by atoms with Crippen LogP contribution in [0.4, 0.5) is 0 Å². The Morgan fingerprint density at radius 1 is 0.529 bits per heavy atom. The van der Waals surface area contributed by atoms with Gasteiger partial charge in [-0.25, -0.2) is 0 Å². The number of para-hydroxylation sites is 2. The van der Waals surface area contributed by atoms with Gasteiger partial charge in [0, 0.05) is 61.9 Å². The Bertz CT molecular complexity index is 3590. The molecule has 0 atom stereocenters. The van der Waals surface area contributed by atoms with Crippen molar-refractivity contribution < 1.29 is 8.83 Å². The van der Waals surface area contributed by atoms with Crippen molar-refractivity contribution in [3.8, 4) is 11.1 Å². The van der Waals surface area contributed by atoms with Crippen molar-refractivity contribution in [1.29, 1.82) is 5.41 Å². The summed E-state index contributed by atoms with van der Waals surface area (Å²) in [6.07, 6.45) is 13.6. The van der Waals surface area contributed by atoms with Gasteiger partial charge in [-0.15, -0.1) is 0 Å². The largest absolute Gasteiger partial charge is 0.455 e. The van der Waals surface area contributed by atoms with Crippen LogP contribution in [0, 0.1) is 12.3 Å². The van der Waals surface area contributed by atoms with E-state index < -0.39 is 0 Å². The van der Waals surface area contributed by atoms with Crippen LogP contribution < -0.4 is 11.5 Å². The van der Waals surface area contributed by atoms with Gasteiger partial charge in [0.25, 0.3) is 0 Å². The third-order valence-corrected chi connectivity index (χ3v) is 11.6. The molecule has 0 aliphatic heterocycles. The number of hydrogen-bond donors (Lipinski definition) is 3. The van der Waals surface area contributed by atoms with Crippen molar-refractivity contribution in [1.82, 2.24) is 0 Å². The average molecular weight is 883 g/mol. The average Bonchev–Trinajstić information content (AvgIpc) is 3.94. The monoisotopic (exact) mass is 882 g/mol. The Balaban J connectivity index is 0.000000286. The second kappa shape index (κ2) is 20.4. The Labute approximate surface area is 396 Å². The van der Waals surface area contributed by atoms with Crippen LogP contribution in [-0.4, -0.2) is 11.4 Å². The third-order valence-electron chi connectivity index (χ3n) is 11.6. The van der Waals surface area contributed by atoms with E-state index in [-0.39, 0.29) is 0 Å². The minimum Gasteiger partial charge on any atom is -0.455 e. The van der Waals surface area contributed by atoms with Crippen molar-refractivity contribution in [3.05, 3.63) is 270 Å². The van der Waals surface area contributed by atoms with E-state index in [0.717, 1.165) is 94.1 Å². The smallest absolute Gasteiger partial charge is 0.143 e. The van der Waals surface area contributed by atoms with Crippen LogP contribution in [-0.2, 0) is 0 Å². The molecule has 2 heterocycles. The van der Waals surface area contributed by atoms with E-state index in [0.29, 0.717) is 17.1 Å². The predicted octanol–water partition coefficient (Wildman–Crippen LogP) is 15.5. The van der Waals surface area contributed by atoms with Gasteiger partial charge in [0.15, 0.2) is 0 Å². The number of hydrogen-bond acceptors (Lipinski definition) is 6. The highest BCUT2D eigenvalue weighted by atomic mass is 16.3. The van der Waals surface area contributed by atoms with Crippen LogP contribution in [0.5, 0.6) is 0 Å². The lowest BCUT2D eigenvalue weighted by atomic mass is 9.99. The summed E-state index contributed by atoms with van der Waals surface area (Å²) in [7, 11) is 0. The summed E-state index contributed by atoms with van der Waals surface area (Å²) in [5, 5.41) is 12.2. The fraction of sp³-hybridized carbons (Fsp3) is 0.0323. The first-order chi connectivity index (χ1) is 33.3. The molecule has 330 valence electrons. The van der Waals surface area contributed by atoms with Crippen molar-refractivity contribution in [2.24, 2.45) is 16.5 Å². The Hall–Kier alpha value is -9.00. The number of allylic oxidation sites excluding steroid dienone is 7. The molecule has 68 heavy (non-hydrogen) atoms. The normalized spacial score (nSPS) is 12.7. The van der Waals surface area contributed by atoms with Gasteiger partial charge >= 0.3 is 0 Å². The summed E-state index contributed by atoms with van der Waals surface area (Å²) in [5.41, 5.74) is 27.4. The number of fused-ring (bicyclic) bond motifs is 6. The molecule has 10 rings (SSSR count). The zero-order chi connectivity index (χ0) is 46.8. The fourth-order valence-electron chi connectivity index (χ4n) is 8.28. The van der Waals surface area contributed by atoms with E-state index in [1.165, 1.54) is 5.56 Å². The van der Waals surface area contributed by atoms with Gasteiger partial charge in [0.2, 0.25) is 0 Å². The maximum absolute atomic E-state index is 7.95. The van der Waals surface area contributed by atoms with E-state index in [4.69, 9.17) is 30.7 Å². The lowest BCUT2D eigenvalue weighted by Gasteiger charge is -2.05. The molecular weight excluding hydrogens is 833 g/mol. The first-order valence-electron chi connectivity index (χ1n) is 22.5. The second-order valence-electron chi connectivity index (χ2n) is 16.3. The van der Waals surface area contributed by atoms with Gasteiger partial charge in [-0.1, -0.05) is 206 Å². The molecule has 2 aromatic heterocycles. The van der Waals surface area contributed by atoms with Gasteiger partial charge in [-0.05, 0) is 66.0 Å². The highest BCUT2D eigenvalue weighted by Crippen LogP contribution is 2.41. The number of nitrogens with one attached hydrogen (secondary N) is 1. The first-order valence-corrected chi connectivity index (χ1v) is 22.5. The van der Waals surface area contributed by atoms with Gasteiger partial charge in [0.1, 0.15) is 22.3 Å². The number of benzene rings is 8. The zero-order valence-electron chi connectivity index (χ0n) is 37.9. The topological polar surface area (TPSA) is 115 Å². The van der Waals surface area contributed by atoms with E-state index in [2.05, 4.69) is 85.8 Å². The molecule has 0 amide bonds. The van der Waals surface area contributed by atoms with Crippen molar-refractivity contribution in [2.75, 3.05) is 0 Å². The molecule has 6 nitrogen and oxygen atoms in total. The second-order valence-corrected chi connectivity index (χ2v) is 16.3. The van der Waals surface area contributed by atoms with E-state index >= 15 is 0 Å². The van der Waals surface area contributed by atoms with Crippen LogP contribution >= 0.6 is 0 Å². The maximum Gasteiger partial charge on any atom is 0.143 e. The van der Waals surface area contributed by atoms with Crippen LogP contribution in [0.15, 0.2) is 251 Å². The molecule has 0 saturated heterocycles. The van der Waals surface area contributed by atoms with Crippen LogP contribution in [0.25, 0.3) is 72.0 Å². The minimum atomic E-state index is 0.423. The summed E-state index contributed by atoms with van der Waals surface area (Å²) < 4.78 is 13.2. The highest BCUT2D eigenvalue weighted by molar-refractivity contribution is 6.18. The summed E-state index contributed by atoms with van der Waals surface area (Å²) in [6.45, 7) is 4.13. The molecule has 0 aliphatic rings. The molecule has 10 aromatic rings. The molecule has 0 fully saturated rings. The number of aliphatic imine (C=N–C) groups is 1. The number of nitrogens with two attached hydrogens (primary N) is 2. The molecule has 0 radical (unpaired) electrons. The number of nitrogens with zero attached hydrogens (tertiary/aromatic N) is 1. The molecular formula is C62H50N4O2. The lowest BCUT2D eigenvalue weighted by Crippen LogP contribution is -2.03. The maximum atomic E-state index is 7.95. The fourth-order valence-corrected chi connectivity index (χ4v) is 8.28. The van der Waals surface area contributed by atoms with Gasteiger partial charge in [-0.2, -0.15) is 0 Å². The van der Waals surface area contributed by atoms with Crippen molar-refractivity contribution >= 4 is 72.3 Å². The summed E-state index contributed by atoms with van der Waals surface area (Å²) >= 11 is 0.